The molecule has 0 aliphatic heterocycles. The summed E-state index contributed by atoms with van der Waals surface area (Å²) in [5.74, 6) is 0. The molecule has 0 spiro atoms. The fourth-order valence-corrected chi connectivity index (χ4v) is 2.21. The first-order valence-electron chi connectivity index (χ1n) is 7.85. The van der Waals surface area contributed by atoms with Crippen LogP contribution in [0.25, 0.3) is 6.08 Å². The lowest BCUT2D eigenvalue weighted by Crippen LogP contribution is -2.09. The zero-order chi connectivity index (χ0) is 17.1. The Balaban J connectivity index is 0.000000816. The van der Waals surface area contributed by atoms with Gasteiger partial charge < -0.3 is 10.2 Å². The Bertz CT molecular complexity index is 551. The summed E-state index contributed by atoms with van der Waals surface area (Å²) >= 11 is 0. The maximum Gasteiger partial charge on any atom is 0.269 e. The van der Waals surface area contributed by atoms with Crippen LogP contribution in [0.3, 0.4) is 0 Å². The third kappa shape index (κ3) is 6.61. The highest BCUT2D eigenvalue weighted by atomic mass is 16.6. The lowest BCUT2D eigenvalue weighted by molar-refractivity contribution is -0.384. The molecule has 1 aliphatic carbocycles. The monoisotopic (exact) mass is 319 g/mol. The average Bonchev–Trinajstić information content (AvgIpc) is 2.55. The lowest BCUT2D eigenvalue weighted by Gasteiger charge is -2.16. The predicted molar refractivity (Wildman–Crippen MR) is 93.6 cm³/mol. The van der Waals surface area contributed by atoms with Crippen molar-refractivity contribution in [2.45, 2.75) is 32.6 Å². The molecule has 2 rings (SSSR count). The van der Waals surface area contributed by atoms with E-state index in [1.165, 1.54) is 17.7 Å². The van der Waals surface area contributed by atoms with Crippen molar-refractivity contribution in [1.82, 2.24) is 5.32 Å². The SMILES string of the molecule is CCON=C1CCCCC1=Cc1ccc([N+](=O)[O-])cc1.CNC. The molecule has 23 heavy (non-hydrogen) atoms. The van der Waals surface area contributed by atoms with E-state index in [9.17, 15) is 10.1 Å². The summed E-state index contributed by atoms with van der Waals surface area (Å²) in [7, 11) is 3.75. The Morgan fingerprint density at radius 2 is 1.87 bits per heavy atom. The predicted octanol–water partition coefficient (Wildman–Crippen LogP) is 3.78. The summed E-state index contributed by atoms with van der Waals surface area (Å²) in [6, 6.07) is 6.57. The van der Waals surface area contributed by atoms with Crippen LogP contribution in [0.4, 0.5) is 5.69 Å². The van der Waals surface area contributed by atoms with E-state index < -0.39 is 0 Å². The van der Waals surface area contributed by atoms with E-state index in [2.05, 4.69) is 10.5 Å². The zero-order valence-corrected chi connectivity index (χ0v) is 14.0. The van der Waals surface area contributed by atoms with Gasteiger partial charge in [0, 0.05) is 12.1 Å². The highest BCUT2D eigenvalue weighted by Crippen LogP contribution is 2.24. The second-order valence-electron chi connectivity index (χ2n) is 5.18. The normalized spacial score (nSPS) is 17.5. The molecule has 6 heteroatoms. The molecule has 1 saturated carbocycles. The average molecular weight is 319 g/mol. The molecule has 0 atom stereocenters. The fraction of sp³-hybridized carbons (Fsp3) is 0.471. The maximum atomic E-state index is 10.6. The summed E-state index contributed by atoms with van der Waals surface area (Å²) < 4.78 is 0. The van der Waals surface area contributed by atoms with Gasteiger partial charge in [-0.3, -0.25) is 10.1 Å². The standard InChI is InChI=1S/C15H18N2O3.C2H7N/c1-2-20-16-15-6-4-3-5-13(15)11-12-7-9-14(10-8-12)17(18)19;1-3-2/h7-11H,2-6H2,1H3;3H,1-2H3. The molecule has 1 aromatic rings. The summed E-state index contributed by atoms with van der Waals surface area (Å²) in [6.45, 7) is 2.47. The van der Waals surface area contributed by atoms with Gasteiger partial charge >= 0.3 is 0 Å². The quantitative estimate of drug-likeness (QED) is 0.677. The minimum atomic E-state index is -0.389. The second-order valence-corrected chi connectivity index (χ2v) is 5.18. The number of non-ortho nitro benzene ring substituents is 1. The summed E-state index contributed by atoms with van der Waals surface area (Å²) in [5, 5.41) is 17.5. The topological polar surface area (TPSA) is 76.8 Å². The summed E-state index contributed by atoms with van der Waals surface area (Å²) in [5.41, 5.74) is 3.23. The third-order valence-electron chi connectivity index (χ3n) is 3.23. The molecule has 6 nitrogen and oxygen atoms in total. The summed E-state index contributed by atoms with van der Waals surface area (Å²) in [6.07, 6.45) is 6.22. The Labute approximate surface area is 137 Å². The largest absolute Gasteiger partial charge is 0.396 e. The van der Waals surface area contributed by atoms with Crippen LogP contribution in [0.2, 0.25) is 0 Å². The van der Waals surface area contributed by atoms with Crippen molar-refractivity contribution >= 4 is 17.5 Å². The number of nitro groups is 1. The molecule has 1 aliphatic rings. The van der Waals surface area contributed by atoms with E-state index in [0.29, 0.717) is 6.61 Å². The van der Waals surface area contributed by atoms with Gasteiger partial charge in [-0.05, 0) is 76.0 Å². The van der Waals surface area contributed by atoms with E-state index in [-0.39, 0.29) is 10.6 Å². The third-order valence-corrected chi connectivity index (χ3v) is 3.23. The van der Waals surface area contributed by atoms with Gasteiger partial charge in [0.2, 0.25) is 0 Å². The Kier molecular flexibility index (Phi) is 8.60. The van der Waals surface area contributed by atoms with Gasteiger partial charge in [-0.25, -0.2) is 0 Å². The van der Waals surface area contributed by atoms with E-state index in [1.807, 2.05) is 27.1 Å². The van der Waals surface area contributed by atoms with Gasteiger partial charge in [0.05, 0.1) is 10.6 Å². The first-order chi connectivity index (χ1) is 11.1. The van der Waals surface area contributed by atoms with Crippen molar-refractivity contribution < 1.29 is 9.76 Å². The molecule has 0 bridgehead atoms. The highest BCUT2D eigenvalue weighted by Gasteiger charge is 2.14. The van der Waals surface area contributed by atoms with Crippen molar-refractivity contribution in [2.24, 2.45) is 5.16 Å². The number of allylic oxidation sites excluding steroid dienone is 1. The first kappa shape index (κ1) is 18.8. The molecule has 0 heterocycles. The van der Waals surface area contributed by atoms with Gasteiger partial charge in [0.15, 0.2) is 0 Å². The van der Waals surface area contributed by atoms with Gasteiger partial charge in [-0.15, -0.1) is 0 Å². The zero-order valence-electron chi connectivity index (χ0n) is 14.0. The smallest absolute Gasteiger partial charge is 0.269 e. The van der Waals surface area contributed by atoms with Crippen LogP contribution in [-0.2, 0) is 4.84 Å². The summed E-state index contributed by atoms with van der Waals surface area (Å²) in [4.78, 5) is 15.4. The minimum Gasteiger partial charge on any atom is -0.396 e. The fourth-order valence-electron chi connectivity index (χ4n) is 2.21. The van der Waals surface area contributed by atoms with Crippen LogP contribution in [0, 0.1) is 10.1 Å². The van der Waals surface area contributed by atoms with Crippen LogP contribution in [-0.4, -0.2) is 31.3 Å². The van der Waals surface area contributed by atoms with E-state index in [0.717, 1.165) is 37.0 Å². The number of nitrogens with zero attached hydrogens (tertiary/aromatic N) is 2. The minimum absolute atomic E-state index is 0.110. The van der Waals surface area contributed by atoms with Crippen LogP contribution in [0.15, 0.2) is 35.0 Å². The molecule has 126 valence electrons. The number of benzene rings is 1. The van der Waals surface area contributed by atoms with E-state index >= 15 is 0 Å². The Morgan fingerprint density at radius 1 is 1.26 bits per heavy atom. The van der Waals surface area contributed by atoms with Crippen molar-refractivity contribution in [2.75, 3.05) is 20.7 Å². The van der Waals surface area contributed by atoms with Gasteiger partial charge in [-0.1, -0.05) is 5.16 Å². The lowest BCUT2D eigenvalue weighted by atomic mass is 9.91. The van der Waals surface area contributed by atoms with Crippen LogP contribution >= 0.6 is 0 Å². The van der Waals surface area contributed by atoms with Crippen molar-refractivity contribution in [3.8, 4) is 0 Å². The number of rotatable bonds is 4. The van der Waals surface area contributed by atoms with Gasteiger partial charge in [-0.2, -0.15) is 0 Å². The first-order valence-corrected chi connectivity index (χ1v) is 7.85. The van der Waals surface area contributed by atoms with Crippen molar-refractivity contribution in [3.63, 3.8) is 0 Å². The maximum absolute atomic E-state index is 10.6. The van der Waals surface area contributed by atoms with E-state index in [1.54, 1.807) is 12.1 Å². The van der Waals surface area contributed by atoms with Crippen molar-refractivity contribution in [1.29, 1.82) is 0 Å². The highest BCUT2D eigenvalue weighted by molar-refractivity contribution is 6.04. The Hall–Kier alpha value is -2.21. The van der Waals surface area contributed by atoms with Gasteiger partial charge in [0.1, 0.15) is 6.61 Å². The number of nitro benzene ring substituents is 1. The second kappa shape index (κ2) is 10.5. The molecule has 0 aromatic heterocycles. The molecule has 0 radical (unpaired) electrons. The molecule has 0 amide bonds. The molecular formula is C17H25N3O3. The molecule has 0 saturated heterocycles. The number of hydrogen-bond donors (Lipinski definition) is 1. The number of oxime groups is 1. The van der Waals surface area contributed by atoms with Crippen LogP contribution < -0.4 is 5.32 Å². The molecule has 0 unspecified atom stereocenters. The van der Waals surface area contributed by atoms with Crippen molar-refractivity contribution in [3.05, 3.63) is 45.5 Å². The Morgan fingerprint density at radius 3 is 2.43 bits per heavy atom. The number of hydrogen-bond acceptors (Lipinski definition) is 5. The van der Waals surface area contributed by atoms with Gasteiger partial charge in [0.25, 0.3) is 5.69 Å². The van der Waals surface area contributed by atoms with E-state index in [4.69, 9.17) is 4.84 Å². The molecule has 1 aromatic carbocycles. The molecule has 1 fully saturated rings. The number of nitrogens with one attached hydrogen (secondary N) is 1. The molecular weight excluding hydrogens is 294 g/mol. The van der Waals surface area contributed by atoms with Crippen LogP contribution in [0.1, 0.15) is 38.2 Å². The molecule has 1 N–H and O–H groups in total. The van der Waals surface area contributed by atoms with Crippen LogP contribution in [0.5, 0.6) is 0 Å².